The maximum Gasteiger partial charge on any atom is 0.363 e. The number of esters is 1. The van der Waals surface area contributed by atoms with Gasteiger partial charge in [-0.3, -0.25) is 0 Å². The molecule has 146 valence electrons. The summed E-state index contributed by atoms with van der Waals surface area (Å²) in [5.74, 6) is 0.461. The van der Waals surface area contributed by atoms with E-state index in [1.165, 1.54) is 0 Å². The monoisotopic (exact) mass is 439 g/mol. The van der Waals surface area contributed by atoms with Crippen LogP contribution in [0, 0.1) is 0 Å². The van der Waals surface area contributed by atoms with Crippen molar-refractivity contribution in [2.24, 2.45) is 4.99 Å². The van der Waals surface area contributed by atoms with Crippen LogP contribution in [-0.4, -0.2) is 25.1 Å². The number of rotatable bonds is 6. The lowest BCUT2D eigenvalue weighted by molar-refractivity contribution is -0.129. The molecule has 0 fully saturated rings. The third-order valence-electron chi connectivity index (χ3n) is 3.71. The van der Waals surface area contributed by atoms with Gasteiger partial charge in [-0.05, 0) is 55.8 Å². The first kappa shape index (κ1) is 20.5. The summed E-state index contributed by atoms with van der Waals surface area (Å²) in [6, 6.07) is 8.22. The van der Waals surface area contributed by atoms with Crippen molar-refractivity contribution in [1.29, 1.82) is 0 Å². The van der Waals surface area contributed by atoms with Crippen LogP contribution in [0.3, 0.4) is 0 Å². The second-order valence-corrected chi connectivity index (χ2v) is 6.91. The van der Waals surface area contributed by atoms with Crippen molar-refractivity contribution in [2.45, 2.75) is 13.8 Å². The lowest BCUT2D eigenvalue weighted by Gasteiger charge is -2.13. The smallest absolute Gasteiger partial charge is 0.363 e. The average molecular weight is 441 g/mol. The standard InChI is InChI=1S/C20H16Cl3NO4/c1-3-26-17-9-11(7-15(23)18(17)27-4-2)8-16-20(25)28-19(24-16)13-6-5-12(21)10-14(13)22/h5-10H,3-4H2,1-2H3/b16-8-. The summed E-state index contributed by atoms with van der Waals surface area (Å²) in [5.41, 5.74) is 1.21. The Morgan fingerprint density at radius 1 is 1.04 bits per heavy atom. The van der Waals surface area contributed by atoms with E-state index in [9.17, 15) is 4.79 Å². The molecule has 1 heterocycles. The predicted molar refractivity (Wildman–Crippen MR) is 111 cm³/mol. The van der Waals surface area contributed by atoms with E-state index in [4.69, 9.17) is 49.0 Å². The van der Waals surface area contributed by atoms with Gasteiger partial charge in [0.05, 0.1) is 28.8 Å². The molecule has 5 nitrogen and oxygen atoms in total. The lowest BCUT2D eigenvalue weighted by atomic mass is 10.1. The van der Waals surface area contributed by atoms with Gasteiger partial charge >= 0.3 is 5.97 Å². The third-order valence-corrected chi connectivity index (χ3v) is 4.53. The first-order valence-corrected chi connectivity index (χ1v) is 9.63. The molecule has 0 aliphatic carbocycles. The molecule has 0 atom stereocenters. The van der Waals surface area contributed by atoms with Gasteiger partial charge in [0.1, 0.15) is 0 Å². The largest absolute Gasteiger partial charge is 0.490 e. The van der Waals surface area contributed by atoms with Crippen molar-refractivity contribution in [3.05, 3.63) is 62.2 Å². The zero-order valence-corrected chi connectivity index (χ0v) is 17.4. The van der Waals surface area contributed by atoms with Crippen LogP contribution >= 0.6 is 34.8 Å². The number of ether oxygens (including phenoxy) is 3. The number of aliphatic imine (C=N–C) groups is 1. The van der Waals surface area contributed by atoms with Crippen LogP contribution in [0.15, 0.2) is 41.0 Å². The average Bonchev–Trinajstić information content (AvgIpc) is 2.98. The fourth-order valence-electron chi connectivity index (χ4n) is 2.56. The molecule has 0 radical (unpaired) electrons. The van der Waals surface area contributed by atoms with Crippen molar-refractivity contribution in [1.82, 2.24) is 0 Å². The molecule has 0 unspecified atom stereocenters. The van der Waals surface area contributed by atoms with E-state index in [0.717, 1.165) is 0 Å². The second kappa shape index (κ2) is 8.86. The molecule has 28 heavy (non-hydrogen) atoms. The van der Waals surface area contributed by atoms with Gasteiger partial charge in [0, 0.05) is 5.02 Å². The number of benzene rings is 2. The van der Waals surface area contributed by atoms with Gasteiger partial charge in [-0.1, -0.05) is 34.8 Å². The predicted octanol–water partition coefficient (Wildman–Crippen LogP) is 5.79. The van der Waals surface area contributed by atoms with Crippen LogP contribution in [0.5, 0.6) is 11.5 Å². The van der Waals surface area contributed by atoms with Crippen LogP contribution in [-0.2, 0) is 9.53 Å². The molecule has 2 aromatic carbocycles. The van der Waals surface area contributed by atoms with Gasteiger partial charge < -0.3 is 14.2 Å². The number of halogens is 3. The van der Waals surface area contributed by atoms with Crippen molar-refractivity contribution >= 4 is 52.7 Å². The quantitative estimate of drug-likeness (QED) is 0.421. The number of hydrogen-bond acceptors (Lipinski definition) is 5. The van der Waals surface area contributed by atoms with Gasteiger partial charge in [0.15, 0.2) is 17.2 Å². The summed E-state index contributed by atoms with van der Waals surface area (Å²) >= 11 is 18.4. The Kier molecular flexibility index (Phi) is 6.50. The SMILES string of the molecule is CCOc1cc(/C=C2\N=C(c3ccc(Cl)cc3Cl)OC2=O)cc(Cl)c1OCC. The first-order valence-electron chi connectivity index (χ1n) is 8.50. The summed E-state index contributed by atoms with van der Waals surface area (Å²) in [5, 5.41) is 1.18. The third kappa shape index (κ3) is 4.43. The maximum atomic E-state index is 12.2. The minimum atomic E-state index is -0.594. The number of cyclic esters (lactones) is 1. The number of carbonyl (C=O) groups excluding carboxylic acids is 1. The highest BCUT2D eigenvalue weighted by Gasteiger charge is 2.26. The Labute approximate surface area is 177 Å². The molecule has 0 amide bonds. The Balaban J connectivity index is 1.98. The second-order valence-electron chi connectivity index (χ2n) is 5.66. The molecule has 1 aliphatic heterocycles. The van der Waals surface area contributed by atoms with E-state index in [2.05, 4.69) is 4.99 Å². The zero-order chi connectivity index (χ0) is 20.3. The van der Waals surface area contributed by atoms with Crippen molar-refractivity contribution in [3.8, 4) is 11.5 Å². The normalized spacial score (nSPS) is 14.8. The van der Waals surface area contributed by atoms with E-state index >= 15 is 0 Å². The fourth-order valence-corrected chi connectivity index (χ4v) is 3.33. The van der Waals surface area contributed by atoms with Crippen LogP contribution in [0.2, 0.25) is 15.1 Å². The molecule has 2 aromatic rings. The lowest BCUT2D eigenvalue weighted by Crippen LogP contribution is -2.06. The molecule has 0 N–H and O–H groups in total. The van der Waals surface area contributed by atoms with E-state index in [1.54, 1.807) is 36.4 Å². The Bertz CT molecular complexity index is 986. The minimum Gasteiger partial charge on any atom is -0.490 e. The van der Waals surface area contributed by atoms with E-state index in [1.807, 2.05) is 13.8 Å². The Hall–Kier alpha value is -2.21. The van der Waals surface area contributed by atoms with Gasteiger partial charge in [0.25, 0.3) is 0 Å². The first-order chi connectivity index (χ1) is 13.4. The maximum absolute atomic E-state index is 12.2. The summed E-state index contributed by atoms with van der Waals surface area (Å²) in [7, 11) is 0. The molecule has 0 saturated heterocycles. The summed E-state index contributed by atoms with van der Waals surface area (Å²) in [6.07, 6.45) is 1.56. The highest BCUT2D eigenvalue weighted by atomic mass is 35.5. The molecular formula is C20H16Cl3NO4. The van der Waals surface area contributed by atoms with E-state index in [0.29, 0.717) is 50.9 Å². The van der Waals surface area contributed by atoms with Crippen molar-refractivity contribution in [2.75, 3.05) is 13.2 Å². The Morgan fingerprint density at radius 2 is 1.79 bits per heavy atom. The molecule has 1 aliphatic rings. The van der Waals surface area contributed by atoms with Crippen LogP contribution in [0.1, 0.15) is 25.0 Å². The van der Waals surface area contributed by atoms with Crippen molar-refractivity contribution < 1.29 is 19.0 Å². The number of nitrogens with zero attached hydrogens (tertiary/aromatic N) is 1. The Morgan fingerprint density at radius 3 is 2.46 bits per heavy atom. The molecule has 0 spiro atoms. The molecule has 0 aromatic heterocycles. The number of carbonyl (C=O) groups is 1. The van der Waals surface area contributed by atoms with Crippen molar-refractivity contribution in [3.63, 3.8) is 0 Å². The summed E-state index contributed by atoms with van der Waals surface area (Å²) in [4.78, 5) is 16.5. The zero-order valence-electron chi connectivity index (χ0n) is 15.1. The molecular weight excluding hydrogens is 425 g/mol. The summed E-state index contributed by atoms with van der Waals surface area (Å²) in [6.45, 7) is 4.60. The molecule has 3 rings (SSSR count). The molecule has 8 heteroatoms. The molecule has 0 bridgehead atoms. The number of hydrogen-bond donors (Lipinski definition) is 0. The van der Waals surface area contributed by atoms with Gasteiger partial charge in [0.2, 0.25) is 5.90 Å². The van der Waals surface area contributed by atoms with Gasteiger partial charge in [-0.2, -0.15) is 0 Å². The van der Waals surface area contributed by atoms with Crippen LogP contribution < -0.4 is 9.47 Å². The fraction of sp³-hybridized carbons (Fsp3) is 0.200. The van der Waals surface area contributed by atoms with Gasteiger partial charge in [-0.25, -0.2) is 9.79 Å². The summed E-state index contributed by atoms with van der Waals surface area (Å²) < 4.78 is 16.4. The highest BCUT2D eigenvalue weighted by Crippen LogP contribution is 2.37. The van der Waals surface area contributed by atoms with Gasteiger partial charge in [-0.15, -0.1) is 0 Å². The minimum absolute atomic E-state index is 0.111. The molecule has 0 saturated carbocycles. The van der Waals surface area contributed by atoms with E-state index < -0.39 is 5.97 Å². The van der Waals surface area contributed by atoms with Crippen LogP contribution in [0.4, 0.5) is 0 Å². The highest BCUT2D eigenvalue weighted by molar-refractivity contribution is 6.37. The topological polar surface area (TPSA) is 57.1 Å². The van der Waals surface area contributed by atoms with E-state index in [-0.39, 0.29) is 11.6 Å². The van der Waals surface area contributed by atoms with Crippen LogP contribution in [0.25, 0.3) is 6.08 Å².